The first kappa shape index (κ1) is 14.7. The summed E-state index contributed by atoms with van der Waals surface area (Å²) in [5.41, 5.74) is 0. The molecule has 1 aromatic heterocycles. The lowest BCUT2D eigenvalue weighted by Crippen LogP contribution is -2.36. The number of hydrogen-bond acceptors (Lipinski definition) is 6. The number of carbonyl (C=O) groups excluding carboxylic acids is 2. The van der Waals surface area contributed by atoms with Gasteiger partial charge in [-0.2, -0.15) is 0 Å². The quantitative estimate of drug-likeness (QED) is 0.851. The number of carbonyl (C=O) groups is 2. The lowest BCUT2D eigenvalue weighted by atomic mass is 10.3. The number of likely N-dealkylation sites (N-methyl/N-ethyl adjacent to an activating group) is 1. The number of thiazole rings is 1. The van der Waals surface area contributed by atoms with Gasteiger partial charge >= 0.3 is 5.97 Å². The minimum Gasteiger partial charge on any atom is -0.465 e. The maximum atomic E-state index is 11.6. The third kappa shape index (κ3) is 3.33. The van der Waals surface area contributed by atoms with Crippen molar-refractivity contribution in [3.8, 4) is 0 Å². The van der Waals surface area contributed by atoms with Crippen molar-refractivity contribution in [3.05, 3.63) is 10.0 Å². The predicted octanol–water partition coefficient (Wildman–Crippen LogP) is 1.47. The van der Waals surface area contributed by atoms with Crippen LogP contribution in [0.5, 0.6) is 0 Å². The molecule has 0 fully saturated rings. The fourth-order valence-electron chi connectivity index (χ4n) is 1.22. The molecule has 6 nitrogen and oxygen atoms in total. The molecule has 18 heavy (non-hydrogen) atoms. The molecular formula is C10H14ClN3O3S. The van der Waals surface area contributed by atoms with Gasteiger partial charge in [-0.05, 0) is 6.92 Å². The summed E-state index contributed by atoms with van der Waals surface area (Å²) in [6, 6.07) is -0.451. The first-order valence-electron chi connectivity index (χ1n) is 5.09. The number of halogens is 1. The van der Waals surface area contributed by atoms with Crippen LogP contribution < -0.4 is 5.32 Å². The summed E-state index contributed by atoms with van der Waals surface area (Å²) in [6.07, 6.45) is 0. The number of nitrogens with zero attached hydrogens (tertiary/aromatic N) is 2. The van der Waals surface area contributed by atoms with Crippen LogP contribution in [0, 0.1) is 0 Å². The van der Waals surface area contributed by atoms with Crippen molar-refractivity contribution in [2.45, 2.75) is 13.0 Å². The molecule has 1 rings (SSSR count). The molecular weight excluding hydrogens is 278 g/mol. The molecule has 0 aliphatic rings. The Balaban J connectivity index is 2.81. The van der Waals surface area contributed by atoms with E-state index >= 15 is 0 Å². The minimum atomic E-state index is -0.544. The van der Waals surface area contributed by atoms with Gasteiger partial charge < -0.3 is 15.0 Å². The van der Waals surface area contributed by atoms with E-state index in [-0.39, 0.29) is 15.9 Å². The summed E-state index contributed by atoms with van der Waals surface area (Å²) >= 11 is 6.86. The summed E-state index contributed by atoms with van der Waals surface area (Å²) in [5.74, 6) is -0.641. The maximum absolute atomic E-state index is 11.6. The fraction of sp³-hybridized carbons (Fsp3) is 0.500. The number of anilines is 1. The molecule has 1 N–H and O–H groups in total. The molecule has 0 spiro atoms. The lowest BCUT2D eigenvalue weighted by Gasteiger charge is -2.17. The van der Waals surface area contributed by atoms with E-state index in [2.05, 4.69) is 15.0 Å². The molecule has 0 aliphatic carbocycles. The molecule has 0 radical (unpaired) electrons. The van der Waals surface area contributed by atoms with Gasteiger partial charge in [0, 0.05) is 14.1 Å². The molecule has 0 aromatic carbocycles. The van der Waals surface area contributed by atoms with E-state index in [9.17, 15) is 9.59 Å². The van der Waals surface area contributed by atoms with E-state index in [0.29, 0.717) is 5.13 Å². The van der Waals surface area contributed by atoms with E-state index in [1.807, 2.05) is 0 Å². The summed E-state index contributed by atoms with van der Waals surface area (Å²) in [4.78, 5) is 28.6. The highest BCUT2D eigenvalue weighted by Crippen LogP contribution is 2.27. The van der Waals surface area contributed by atoms with Crippen LogP contribution in [-0.2, 0) is 9.53 Å². The van der Waals surface area contributed by atoms with Gasteiger partial charge in [-0.1, -0.05) is 22.9 Å². The average Bonchev–Trinajstić information content (AvgIpc) is 2.67. The number of aromatic nitrogens is 1. The van der Waals surface area contributed by atoms with Crippen LogP contribution in [0.4, 0.5) is 5.13 Å². The monoisotopic (exact) mass is 291 g/mol. The topological polar surface area (TPSA) is 71.5 Å². The summed E-state index contributed by atoms with van der Waals surface area (Å²) < 4.78 is 4.57. The first-order valence-corrected chi connectivity index (χ1v) is 6.28. The predicted molar refractivity (Wildman–Crippen MR) is 70.2 cm³/mol. The molecule has 1 amide bonds. The largest absolute Gasteiger partial charge is 0.465 e. The molecule has 0 bridgehead atoms. The van der Waals surface area contributed by atoms with Crippen molar-refractivity contribution in [1.82, 2.24) is 9.88 Å². The van der Waals surface area contributed by atoms with Gasteiger partial charge in [0.1, 0.15) is 6.04 Å². The molecule has 1 heterocycles. The van der Waals surface area contributed by atoms with Crippen molar-refractivity contribution in [2.75, 3.05) is 26.5 Å². The highest BCUT2D eigenvalue weighted by Gasteiger charge is 2.20. The molecule has 0 saturated heterocycles. The number of methoxy groups -OCH3 is 1. The van der Waals surface area contributed by atoms with Crippen LogP contribution in [-0.4, -0.2) is 49.0 Å². The van der Waals surface area contributed by atoms with Crippen LogP contribution in [0.25, 0.3) is 0 Å². The van der Waals surface area contributed by atoms with Gasteiger partial charge in [-0.15, -0.1) is 0 Å². The third-order valence-corrected chi connectivity index (χ3v) is 3.46. The third-order valence-electron chi connectivity index (χ3n) is 2.11. The van der Waals surface area contributed by atoms with Crippen molar-refractivity contribution in [1.29, 1.82) is 0 Å². The number of rotatable bonds is 4. The Kier molecular flexibility index (Phi) is 4.92. The minimum absolute atomic E-state index is 0.0684. The highest BCUT2D eigenvalue weighted by atomic mass is 35.5. The second-order valence-electron chi connectivity index (χ2n) is 3.73. The second kappa shape index (κ2) is 6.01. The van der Waals surface area contributed by atoms with Crippen molar-refractivity contribution < 1.29 is 14.3 Å². The van der Waals surface area contributed by atoms with Gasteiger partial charge in [-0.3, -0.25) is 4.79 Å². The van der Waals surface area contributed by atoms with Crippen molar-refractivity contribution >= 4 is 39.9 Å². The van der Waals surface area contributed by atoms with E-state index in [0.717, 1.165) is 11.3 Å². The Labute approximate surface area is 114 Å². The van der Waals surface area contributed by atoms with Crippen molar-refractivity contribution in [3.63, 3.8) is 0 Å². The molecule has 1 atom stereocenters. The number of nitrogens with one attached hydrogen (secondary N) is 1. The zero-order valence-electron chi connectivity index (χ0n) is 10.5. The SMILES string of the molecule is COC(=O)c1sc(NC(C)C(=O)N(C)C)nc1Cl. The van der Waals surface area contributed by atoms with Gasteiger partial charge in [0.15, 0.2) is 15.2 Å². The average molecular weight is 292 g/mol. The van der Waals surface area contributed by atoms with Gasteiger partial charge in [-0.25, -0.2) is 9.78 Å². The van der Waals surface area contributed by atoms with Gasteiger partial charge in [0.25, 0.3) is 0 Å². The van der Waals surface area contributed by atoms with E-state index in [1.54, 1.807) is 21.0 Å². The Morgan fingerprint density at radius 2 is 2.11 bits per heavy atom. The standard InChI is InChI=1S/C10H14ClN3O3S/c1-5(8(15)14(2)3)12-10-13-7(11)6(18-10)9(16)17-4/h5H,1-4H3,(H,12,13). The Morgan fingerprint density at radius 1 is 1.50 bits per heavy atom. The molecule has 0 aliphatic heterocycles. The molecule has 8 heteroatoms. The van der Waals surface area contributed by atoms with Crippen LogP contribution in [0.3, 0.4) is 0 Å². The van der Waals surface area contributed by atoms with Gasteiger partial charge in [0.2, 0.25) is 5.91 Å². The summed E-state index contributed by atoms with van der Waals surface area (Å²) in [7, 11) is 4.59. The summed E-state index contributed by atoms with van der Waals surface area (Å²) in [5, 5.41) is 3.36. The second-order valence-corrected chi connectivity index (χ2v) is 5.09. The molecule has 1 aromatic rings. The lowest BCUT2D eigenvalue weighted by molar-refractivity contribution is -0.129. The molecule has 0 saturated carbocycles. The Hall–Kier alpha value is -1.34. The number of hydrogen-bond donors (Lipinski definition) is 1. The van der Waals surface area contributed by atoms with Crippen LogP contribution >= 0.6 is 22.9 Å². The van der Waals surface area contributed by atoms with Crippen LogP contribution in [0.1, 0.15) is 16.6 Å². The molecule has 1 unspecified atom stereocenters. The van der Waals surface area contributed by atoms with Crippen LogP contribution in [0.15, 0.2) is 0 Å². The first-order chi connectivity index (χ1) is 8.36. The number of esters is 1. The van der Waals surface area contributed by atoms with E-state index < -0.39 is 12.0 Å². The van der Waals surface area contributed by atoms with Crippen LogP contribution in [0.2, 0.25) is 5.15 Å². The molecule has 100 valence electrons. The zero-order valence-corrected chi connectivity index (χ0v) is 12.1. The number of ether oxygens (including phenoxy) is 1. The fourth-order valence-corrected chi connectivity index (χ4v) is 2.41. The van der Waals surface area contributed by atoms with Gasteiger partial charge in [0.05, 0.1) is 7.11 Å². The highest BCUT2D eigenvalue weighted by molar-refractivity contribution is 7.18. The van der Waals surface area contributed by atoms with E-state index in [4.69, 9.17) is 11.6 Å². The smallest absolute Gasteiger partial charge is 0.351 e. The number of amides is 1. The normalized spacial score (nSPS) is 11.8. The Morgan fingerprint density at radius 3 is 2.61 bits per heavy atom. The zero-order chi connectivity index (χ0) is 13.9. The maximum Gasteiger partial charge on any atom is 0.351 e. The van der Waals surface area contributed by atoms with Crippen molar-refractivity contribution in [2.24, 2.45) is 0 Å². The Bertz CT molecular complexity index is 461. The van der Waals surface area contributed by atoms with E-state index in [1.165, 1.54) is 12.0 Å². The summed E-state index contributed by atoms with van der Waals surface area (Å²) in [6.45, 7) is 1.70.